The summed E-state index contributed by atoms with van der Waals surface area (Å²) in [5, 5.41) is 20.1. The first-order valence-corrected chi connectivity index (χ1v) is 11.4. The van der Waals surface area contributed by atoms with Crippen LogP contribution < -0.4 is 14.8 Å². The molecule has 1 N–H and O–H groups in total. The summed E-state index contributed by atoms with van der Waals surface area (Å²) in [4.78, 5) is 12.3. The quantitative estimate of drug-likeness (QED) is 0.418. The van der Waals surface area contributed by atoms with Crippen molar-refractivity contribution in [1.82, 2.24) is 10.2 Å². The molecule has 1 aromatic heterocycles. The highest BCUT2D eigenvalue weighted by Gasteiger charge is 2.32. The molecular weight excluding hydrogens is 432 g/mol. The van der Waals surface area contributed by atoms with E-state index < -0.39 is 0 Å². The lowest BCUT2D eigenvalue weighted by molar-refractivity contribution is -0.118. The Hall–Kier alpha value is -3.09. The summed E-state index contributed by atoms with van der Waals surface area (Å²) in [6.45, 7) is 3.90. The summed E-state index contributed by atoms with van der Waals surface area (Å²) >= 11 is 2.83. The zero-order valence-electron chi connectivity index (χ0n) is 17.0. The lowest BCUT2D eigenvalue weighted by Gasteiger charge is -2.18. The van der Waals surface area contributed by atoms with E-state index in [1.54, 1.807) is 18.2 Å². The zero-order valence-corrected chi connectivity index (χ0v) is 18.7. The van der Waals surface area contributed by atoms with Crippen molar-refractivity contribution >= 4 is 34.1 Å². The zero-order chi connectivity index (χ0) is 21.8. The van der Waals surface area contributed by atoms with Crippen molar-refractivity contribution < 1.29 is 14.3 Å². The Balaban J connectivity index is 1.28. The number of fused-ring (bicyclic) bond motifs is 1. The fourth-order valence-corrected chi connectivity index (χ4v) is 4.86. The number of ether oxygens (including phenoxy) is 2. The summed E-state index contributed by atoms with van der Waals surface area (Å²) in [5.74, 6) is 1.66. The molecule has 0 bridgehead atoms. The van der Waals surface area contributed by atoms with Crippen LogP contribution in [0.1, 0.15) is 30.5 Å². The van der Waals surface area contributed by atoms with Crippen LogP contribution in [-0.2, 0) is 17.0 Å². The molecule has 31 heavy (non-hydrogen) atoms. The van der Waals surface area contributed by atoms with Crippen molar-refractivity contribution in [2.24, 2.45) is 0 Å². The molecule has 0 spiro atoms. The number of nitriles is 1. The number of amides is 1. The Morgan fingerprint density at radius 2 is 2.10 bits per heavy atom. The van der Waals surface area contributed by atoms with Gasteiger partial charge in [0.2, 0.25) is 5.13 Å². The second-order valence-electron chi connectivity index (χ2n) is 7.59. The number of hydrogen-bond donors (Lipinski definition) is 1. The number of benzene rings is 2. The van der Waals surface area contributed by atoms with Gasteiger partial charge in [0.1, 0.15) is 5.60 Å². The molecule has 0 atom stereocenters. The third-order valence-corrected chi connectivity index (χ3v) is 6.56. The van der Waals surface area contributed by atoms with Gasteiger partial charge in [-0.25, -0.2) is 0 Å². The Morgan fingerprint density at radius 3 is 2.87 bits per heavy atom. The second-order valence-corrected chi connectivity index (χ2v) is 9.79. The summed E-state index contributed by atoms with van der Waals surface area (Å²) in [6.07, 6.45) is 0.805. The maximum absolute atomic E-state index is 12.3. The van der Waals surface area contributed by atoms with Crippen LogP contribution >= 0.6 is 23.1 Å². The van der Waals surface area contributed by atoms with Gasteiger partial charge in [-0.2, -0.15) is 5.26 Å². The van der Waals surface area contributed by atoms with Gasteiger partial charge < -0.3 is 9.47 Å². The van der Waals surface area contributed by atoms with Gasteiger partial charge in [0, 0.05) is 17.7 Å². The van der Waals surface area contributed by atoms with Crippen molar-refractivity contribution in [3.8, 4) is 17.6 Å². The molecule has 0 saturated carbocycles. The number of anilines is 1. The molecule has 4 rings (SSSR count). The molecule has 9 heteroatoms. The Bertz CT molecular complexity index is 1140. The molecule has 7 nitrogen and oxygen atoms in total. The Kier molecular flexibility index (Phi) is 6.11. The van der Waals surface area contributed by atoms with Crippen molar-refractivity contribution in [3.05, 3.63) is 59.2 Å². The third-order valence-electron chi connectivity index (χ3n) is 4.51. The maximum Gasteiger partial charge on any atom is 0.264 e. The first kappa shape index (κ1) is 21.2. The van der Waals surface area contributed by atoms with Crippen molar-refractivity contribution in [3.63, 3.8) is 0 Å². The first-order chi connectivity index (χ1) is 14.9. The SMILES string of the molecule is CC1(C)Cc2cccc(OCC(=O)Nc3nnc(SCc4ccc(C#N)cc4)s3)c2O1. The fourth-order valence-electron chi connectivity index (χ4n) is 3.14. The van der Waals surface area contributed by atoms with Gasteiger partial charge in [-0.05, 0) is 37.6 Å². The average molecular weight is 453 g/mol. The van der Waals surface area contributed by atoms with Gasteiger partial charge in [-0.15, -0.1) is 10.2 Å². The first-order valence-electron chi connectivity index (χ1n) is 9.61. The maximum atomic E-state index is 12.3. The van der Waals surface area contributed by atoms with E-state index in [4.69, 9.17) is 14.7 Å². The van der Waals surface area contributed by atoms with E-state index in [0.717, 1.165) is 21.9 Å². The number of carbonyl (C=O) groups excluding carboxylic acids is 1. The average Bonchev–Trinajstić information content (AvgIpc) is 3.33. The van der Waals surface area contributed by atoms with Crippen LogP contribution in [0.3, 0.4) is 0 Å². The van der Waals surface area contributed by atoms with E-state index in [9.17, 15) is 4.79 Å². The molecule has 0 fully saturated rings. The molecule has 0 saturated heterocycles. The van der Waals surface area contributed by atoms with Gasteiger partial charge >= 0.3 is 0 Å². The van der Waals surface area contributed by atoms with E-state index in [1.165, 1.54) is 23.1 Å². The van der Waals surface area contributed by atoms with Crippen molar-refractivity contribution in [2.75, 3.05) is 11.9 Å². The molecule has 1 aliphatic rings. The molecule has 2 aromatic carbocycles. The van der Waals surface area contributed by atoms with E-state index in [0.29, 0.717) is 27.9 Å². The smallest absolute Gasteiger partial charge is 0.264 e. The van der Waals surface area contributed by atoms with Gasteiger partial charge in [-0.3, -0.25) is 10.1 Å². The number of rotatable bonds is 7. The molecule has 0 unspecified atom stereocenters. The van der Waals surface area contributed by atoms with Gasteiger partial charge in [0.25, 0.3) is 5.91 Å². The summed E-state index contributed by atoms with van der Waals surface area (Å²) in [5.41, 5.74) is 2.52. The van der Waals surface area contributed by atoms with E-state index >= 15 is 0 Å². The highest BCUT2D eigenvalue weighted by Crippen LogP contribution is 2.41. The Morgan fingerprint density at radius 1 is 1.29 bits per heavy atom. The van der Waals surface area contributed by atoms with E-state index in [-0.39, 0.29) is 18.1 Å². The molecule has 158 valence electrons. The molecule has 3 aromatic rings. The highest BCUT2D eigenvalue weighted by atomic mass is 32.2. The largest absolute Gasteiger partial charge is 0.483 e. The fraction of sp³-hybridized carbons (Fsp3) is 0.273. The molecule has 0 aliphatic carbocycles. The molecule has 1 aliphatic heterocycles. The number of para-hydroxylation sites is 1. The predicted molar refractivity (Wildman–Crippen MR) is 120 cm³/mol. The van der Waals surface area contributed by atoms with Crippen LogP contribution in [0.25, 0.3) is 0 Å². The topological polar surface area (TPSA) is 97.1 Å². The van der Waals surface area contributed by atoms with E-state index in [2.05, 4.69) is 21.6 Å². The number of aromatic nitrogens is 2. The summed E-state index contributed by atoms with van der Waals surface area (Å²) in [6, 6.07) is 15.2. The van der Waals surface area contributed by atoms with Crippen LogP contribution in [0.5, 0.6) is 11.5 Å². The number of hydrogen-bond acceptors (Lipinski definition) is 8. The summed E-state index contributed by atoms with van der Waals surface area (Å²) < 4.78 is 12.4. The molecule has 2 heterocycles. The number of nitrogens with one attached hydrogen (secondary N) is 1. The van der Waals surface area contributed by atoms with Crippen LogP contribution in [0.15, 0.2) is 46.8 Å². The minimum Gasteiger partial charge on any atom is -0.483 e. The normalized spacial score (nSPS) is 13.7. The molecular formula is C22H20N4O3S2. The van der Waals surface area contributed by atoms with Crippen LogP contribution in [0.2, 0.25) is 0 Å². The van der Waals surface area contributed by atoms with E-state index in [1.807, 2.05) is 38.1 Å². The van der Waals surface area contributed by atoms with Crippen molar-refractivity contribution in [1.29, 1.82) is 5.26 Å². The minimum absolute atomic E-state index is 0.145. The lowest BCUT2D eigenvalue weighted by atomic mass is 10.0. The molecule has 0 radical (unpaired) electrons. The number of thioether (sulfide) groups is 1. The Labute approximate surface area is 188 Å². The summed E-state index contributed by atoms with van der Waals surface area (Å²) in [7, 11) is 0. The van der Waals surface area contributed by atoms with Gasteiger partial charge in [0.05, 0.1) is 11.6 Å². The number of nitrogens with zero attached hydrogens (tertiary/aromatic N) is 3. The minimum atomic E-state index is -0.311. The van der Waals surface area contributed by atoms with Crippen LogP contribution in [0, 0.1) is 11.3 Å². The predicted octanol–water partition coefficient (Wildman–Crippen LogP) is 4.43. The second kappa shape index (κ2) is 8.96. The monoisotopic (exact) mass is 452 g/mol. The molecule has 1 amide bonds. The number of carbonyl (C=O) groups is 1. The third kappa shape index (κ3) is 5.34. The van der Waals surface area contributed by atoms with Crippen LogP contribution in [-0.4, -0.2) is 28.3 Å². The van der Waals surface area contributed by atoms with Gasteiger partial charge in [-0.1, -0.05) is 47.4 Å². The van der Waals surface area contributed by atoms with Gasteiger partial charge in [0.15, 0.2) is 22.4 Å². The van der Waals surface area contributed by atoms with Crippen molar-refractivity contribution in [2.45, 2.75) is 36.0 Å². The van der Waals surface area contributed by atoms with Crippen LogP contribution in [0.4, 0.5) is 5.13 Å². The highest BCUT2D eigenvalue weighted by molar-refractivity contribution is 8.00. The standard InChI is InChI=1S/C22H20N4O3S2/c1-22(2)10-16-4-3-5-17(19(16)29-22)28-12-18(27)24-20-25-26-21(31-20)30-13-15-8-6-14(11-23)7-9-15/h3-9H,10,12-13H2,1-2H3,(H,24,25,27). The lowest BCUT2D eigenvalue weighted by Crippen LogP contribution is -2.25.